The topological polar surface area (TPSA) is 89.5 Å². The first-order valence-corrected chi connectivity index (χ1v) is 6.30. The fraction of sp³-hybridized carbons (Fsp3) is 0.133. The molecule has 0 atom stereocenters. The number of amides is 1. The molecule has 2 aromatic carbocycles. The number of aryl methyl sites for hydroxylation is 1. The average molecular weight is 285 g/mol. The van der Waals surface area contributed by atoms with Crippen LogP contribution >= 0.6 is 0 Å². The number of nitro groups is 1. The number of nitrogen functional groups attached to an aromatic ring is 1. The first-order chi connectivity index (χ1) is 9.93. The summed E-state index contributed by atoms with van der Waals surface area (Å²) in [5.74, 6) is -0.469. The van der Waals surface area contributed by atoms with Crippen molar-refractivity contribution >= 4 is 23.0 Å². The number of anilines is 2. The van der Waals surface area contributed by atoms with Crippen molar-refractivity contribution in [1.29, 1.82) is 0 Å². The number of nitrogens with two attached hydrogens (primary N) is 1. The average Bonchev–Trinajstić information content (AvgIpc) is 2.45. The number of hydrogen-bond acceptors (Lipinski definition) is 4. The quantitative estimate of drug-likeness (QED) is 0.533. The third kappa shape index (κ3) is 2.69. The van der Waals surface area contributed by atoms with Crippen LogP contribution in [-0.4, -0.2) is 17.9 Å². The summed E-state index contributed by atoms with van der Waals surface area (Å²) in [6.07, 6.45) is 0. The zero-order chi connectivity index (χ0) is 15.6. The van der Waals surface area contributed by atoms with Crippen molar-refractivity contribution < 1.29 is 9.72 Å². The van der Waals surface area contributed by atoms with E-state index >= 15 is 0 Å². The lowest BCUT2D eigenvalue weighted by Crippen LogP contribution is -2.27. The monoisotopic (exact) mass is 285 g/mol. The lowest BCUT2D eigenvalue weighted by atomic mass is 10.1. The molecule has 0 spiro atoms. The van der Waals surface area contributed by atoms with Gasteiger partial charge in [-0.25, -0.2) is 0 Å². The van der Waals surface area contributed by atoms with Gasteiger partial charge in [0.05, 0.1) is 4.92 Å². The molecule has 6 nitrogen and oxygen atoms in total. The smallest absolute Gasteiger partial charge is 0.304 e. The molecule has 0 aliphatic heterocycles. The van der Waals surface area contributed by atoms with Gasteiger partial charge in [-0.1, -0.05) is 24.3 Å². The molecule has 0 saturated heterocycles. The van der Waals surface area contributed by atoms with Gasteiger partial charge in [-0.3, -0.25) is 14.9 Å². The highest BCUT2D eigenvalue weighted by molar-refractivity contribution is 6.09. The molecule has 0 heterocycles. The minimum Gasteiger partial charge on any atom is -0.393 e. The fourth-order valence-electron chi connectivity index (χ4n) is 2.17. The van der Waals surface area contributed by atoms with Crippen LogP contribution < -0.4 is 10.6 Å². The van der Waals surface area contributed by atoms with E-state index < -0.39 is 10.8 Å². The summed E-state index contributed by atoms with van der Waals surface area (Å²) in [5.41, 5.74) is 6.81. The standard InChI is InChI=1S/C15H15N3O3/c1-10-6-3-4-9-13(10)17(2)15(19)11-7-5-8-12(16)14(11)18(20)21/h3-9H,16H2,1-2H3. The Hall–Kier alpha value is -2.89. The van der Waals surface area contributed by atoms with Gasteiger partial charge in [0.25, 0.3) is 5.91 Å². The number of hydrogen-bond donors (Lipinski definition) is 1. The number of nitrogens with zero attached hydrogens (tertiary/aromatic N) is 2. The van der Waals surface area contributed by atoms with Crippen LogP contribution in [0.1, 0.15) is 15.9 Å². The van der Waals surface area contributed by atoms with Gasteiger partial charge in [-0.15, -0.1) is 0 Å². The van der Waals surface area contributed by atoms with Crippen LogP contribution in [0.15, 0.2) is 42.5 Å². The zero-order valence-electron chi connectivity index (χ0n) is 11.7. The summed E-state index contributed by atoms with van der Waals surface area (Å²) in [6, 6.07) is 11.7. The van der Waals surface area contributed by atoms with E-state index in [0.29, 0.717) is 5.69 Å². The summed E-state index contributed by atoms with van der Waals surface area (Å²) in [7, 11) is 1.58. The van der Waals surface area contributed by atoms with Gasteiger partial charge in [0.15, 0.2) is 0 Å². The molecule has 0 aromatic heterocycles. The molecule has 0 bridgehead atoms. The van der Waals surface area contributed by atoms with E-state index in [2.05, 4.69) is 0 Å². The number of benzene rings is 2. The van der Waals surface area contributed by atoms with Crippen molar-refractivity contribution in [3.8, 4) is 0 Å². The van der Waals surface area contributed by atoms with Gasteiger partial charge >= 0.3 is 5.69 Å². The van der Waals surface area contributed by atoms with E-state index in [1.165, 1.54) is 23.1 Å². The Bertz CT molecular complexity index is 713. The van der Waals surface area contributed by atoms with Crippen LogP contribution in [-0.2, 0) is 0 Å². The Morgan fingerprint density at radius 1 is 1.19 bits per heavy atom. The normalized spacial score (nSPS) is 10.2. The summed E-state index contributed by atoms with van der Waals surface area (Å²) < 4.78 is 0. The van der Waals surface area contributed by atoms with Gasteiger partial charge in [0, 0.05) is 12.7 Å². The van der Waals surface area contributed by atoms with Crippen molar-refractivity contribution in [2.24, 2.45) is 0 Å². The van der Waals surface area contributed by atoms with E-state index in [9.17, 15) is 14.9 Å². The first-order valence-electron chi connectivity index (χ1n) is 6.30. The molecule has 1 amide bonds. The molecule has 0 aliphatic carbocycles. The summed E-state index contributed by atoms with van der Waals surface area (Å²) in [5, 5.41) is 11.1. The van der Waals surface area contributed by atoms with Gasteiger partial charge < -0.3 is 10.6 Å². The largest absolute Gasteiger partial charge is 0.393 e. The summed E-state index contributed by atoms with van der Waals surface area (Å²) in [6.45, 7) is 1.87. The van der Waals surface area contributed by atoms with E-state index in [1.54, 1.807) is 19.2 Å². The number of carbonyl (C=O) groups is 1. The van der Waals surface area contributed by atoms with Crippen molar-refractivity contribution in [2.75, 3.05) is 17.7 Å². The highest BCUT2D eigenvalue weighted by Crippen LogP contribution is 2.28. The molecular formula is C15H15N3O3. The number of carbonyl (C=O) groups excluding carboxylic acids is 1. The minimum absolute atomic E-state index is 0.0225. The van der Waals surface area contributed by atoms with Gasteiger partial charge in [-0.2, -0.15) is 0 Å². The number of para-hydroxylation sites is 2. The zero-order valence-corrected chi connectivity index (χ0v) is 11.7. The highest BCUT2D eigenvalue weighted by Gasteiger charge is 2.26. The van der Waals surface area contributed by atoms with E-state index in [4.69, 9.17) is 5.73 Å². The molecule has 0 fully saturated rings. The lowest BCUT2D eigenvalue weighted by molar-refractivity contribution is -0.384. The maximum atomic E-state index is 12.5. The second-order valence-electron chi connectivity index (χ2n) is 4.65. The molecule has 0 saturated carbocycles. The maximum absolute atomic E-state index is 12.5. The molecule has 0 unspecified atom stereocenters. The van der Waals surface area contributed by atoms with Gasteiger partial charge in [0.2, 0.25) is 0 Å². The Kier molecular flexibility index (Phi) is 3.89. The predicted octanol–water partition coefficient (Wildman–Crippen LogP) is 2.76. The fourth-order valence-corrected chi connectivity index (χ4v) is 2.17. The van der Waals surface area contributed by atoms with E-state index in [1.807, 2.05) is 19.1 Å². The SMILES string of the molecule is Cc1ccccc1N(C)C(=O)c1cccc(N)c1[N+](=O)[O-]. The van der Waals surface area contributed by atoms with Crippen molar-refractivity contribution in [3.63, 3.8) is 0 Å². The van der Waals surface area contributed by atoms with Gasteiger partial charge in [-0.05, 0) is 30.7 Å². The molecular weight excluding hydrogens is 270 g/mol. The molecule has 21 heavy (non-hydrogen) atoms. The second-order valence-corrected chi connectivity index (χ2v) is 4.65. The minimum atomic E-state index is -0.631. The molecule has 2 rings (SSSR count). The molecule has 108 valence electrons. The maximum Gasteiger partial charge on any atom is 0.304 e. The number of rotatable bonds is 3. The molecule has 0 radical (unpaired) electrons. The Morgan fingerprint density at radius 3 is 2.48 bits per heavy atom. The lowest BCUT2D eigenvalue weighted by Gasteiger charge is -2.19. The van der Waals surface area contributed by atoms with Crippen LogP contribution in [0.5, 0.6) is 0 Å². The van der Waals surface area contributed by atoms with Crippen molar-refractivity contribution in [3.05, 3.63) is 63.7 Å². The van der Waals surface area contributed by atoms with Crippen molar-refractivity contribution in [2.45, 2.75) is 6.92 Å². The Morgan fingerprint density at radius 2 is 1.86 bits per heavy atom. The third-order valence-corrected chi connectivity index (χ3v) is 3.26. The van der Waals surface area contributed by atoms with Crippen LogP contribution in [0.2, 0.25) is 0 Å². The van der Waals surface area contributed by atoms with Crippen LogP contribution in [0.3, 0.4) is 0 Å². The Balaban J connectivity index is 2.48. The predicted molar refractivity (Wildman–Crippen MR) is 81.4 cm³/mol. The highest BCUT2D eigenvalue weighted by atomic mass is 16.6. The van der Waals surface area contributed by atoms with E-state index in [0.717, 1.165) is 5.56 Å². The Labute approximate surface area is 121 Å². The number of nitro benzene ring substituents is 1. The molecule has 2 aromatic rings. The van der Waals surface area contributed by atoms with Crippen molar-refractivity contribution in [1.82, 2.24) is 0 Å². The summed E-state index contributed by atoms with van der Waals surface area (Å²) >= 11 is 0. The molecule has 0 aliphatic rings. The second kappa shape index (κ2) is 5.62. The third-order valence-electron chi connectivity index (χ3n) is 3.26. The van der Waals surface area contributed by atoms with E-state index in [-0.39, 0.29) is 16.9 Å². The summed E-state index contributed by atoms with van der Waals surface area (Å²) in [4.78, 5) is 24.4. The molecule has 6 heteroatoms. The molecule has 2 N–H and O–H groups in total. The van der Waals surface area contributed by atoms with Crippen LogP contribution in [0, 0.1) is 17.0 Å². The van der Waals surface area contributed by atoms with Crippen LogP contribution in [0.25, 0.3) is 0 Å². The van der Waals surface area contributed by atoms with Crippen LogP contribution in [0.4, 0.5) is 17.1 Å². The first kappa shape index (κ1) is 14.5. The van der Waals surface area contributed by atoms with Gasteiger partial charge in [0.1, 0.15) is 11.3 Å².